The van der Waals surface area contributed by atoms with E-state index >= 15 is 0 Å². The molecule has 1 atom stereocenters. The van der Waals surface area contributed by atoms with E-state index in [1.54, 1.807) is 12.1 Å². The van der Waals surface area contributed by atoms with E-state index in [2.05, 4.69) is 0 Å². The minimum atomic E-state index is -0.0685. The quantitative estimate of drug-likeness (QED) is 0.771. The minimum absolute atomic E-state index is 0.0685. The SMILES string of the molecule is CN1CCC(c2ccc(Cl)cc2Cl)C(=O)C1. The van der Waals surface area contributed by atoms with Gasteiger partial charge in [0.25, 0.3) is 0 Å². The van der Waals surface area contributed by atoms with Crippen molar-refractivity contribution in [3.05, 3.63) is 33.8 Å². The van der Waals surface area contributed by atoms with Crippen LogP contribution < -0.4 is 0 Å². The molecule has 1 heterocycles. The summed E-state index contributed by atoms with van der Waals surface area (Å²) in [7, 11) is 1.96. The van der Waals surface area contributed by atoms with Crippen LogP contribution in [0.1, 0.15) is 17.9 Å². The van der Waals surface area contributed by atoms with Crippen molar-refractivity contribution in [3.63, 3.8) is 0 Å². The zero-order chi connectivity index (χ0) is 11.7. The number of likely N-dealkylation sites (tertiary alicyclic amines) is 1. The molecule has 1 unspecified atom stereocenters. The molecule has 0 aliphatic carbocycles. The molecule has 1 aliphatic heterocycles. The standard InChI is InChI=1S/C12H13Cl2NO/c1-15-5-4-10(12(16)7-15)9-3-2-8(13)6-11(9)14/h2-3,6,10H,4-5,7H2,1H3. The smallest absolute Gasteiger partial charge is 0.154 e. The first kappa shape index (κ1) is 11.9. The molecule has 4 heteroatoms. The van der Waals surface area contributed by atoms with Gasteiger partial charge < -0.3 is 0 Å². The van der Waals surface area contributed by atoms with Crippen molar-refractivity contribution in [2.45, 2.75) is 12.3 Å². The van der Waals surface area contributed by atoms with Gasteiger partial charge in [0.15, 0.2) is 5.78 Å². The average Bonchev–Trinajstić information content (AvgIpc) is 2.19. The Labute approximate surface area is 105 Å². The van der Waals surface area contributed by atoms with Gasteiger partial charge in [-0.25, -0.2) is 0 Å². The molecule has 0 radical (unpaired) electrons. The van der Waals surface area contributed by atoms with Crippen molar-refractivity contribution in [1.82, 2.24) is 4.90 Å². The Hall–Kier alpha value is -0.570. The maximum atomic E-state index is 11.9. The van der Waals surface area contributed by atoms with Crippen LogP contribution in [0.25, 0.3) is 0 Å². The monoisotopic (exact) mass is 257 g/mol. The lowest BCUT2D eigenvalue weighted by atomic mass is 9.88. The van der Waals surface area contributed by atoms with E-state index in [0.717, 1.165) is 18.5 Å². The Morgan fingerprint density at radius 2 is 2.12 bits per heavy atom. The first-order chi connectivity index (χ1) is 7.58. The van der Waals surface area contributed by atoms with Crippen LogP contribution in [0.3, 0.4) is 0 Å². The number of carbonyl (C=O) groups is 1. The number of benzene rings is 1. The highest BCUT2D eigenvalue weighted by atomic mass is 35.5. The molecule has 0 aromatic heterocycles. The number of hydrogen-bond donors (Lipinski definition) is 0. The molecule has 1 saturated heterocycles. The summed E-state index contributed by atoms with van der Waals surface area (Å²) in [6, 6.07) is 5.34. The average molecular weight is 258 g/mol. The largest absolute Gasteiger partial charge is 0.299 e. The molecule has 0 saturated carbocycles. The molecule has 1 aromatic rings. The lowest BCUT2D eigenvalue weighted by Crippen LogP contribution is -2.37. The van der Waals surface area contributed by atoms with Gasteiger partial charge in [-0.3, -0.25) is 9.69 Å². The fourth-order valence-corrected chi connectivity index (χ4v) is 2.62. The van der Waals surface area contributed by atoms with Gasteiger partial charge in [-0.15, -0.1) is 0 Å². The van der Waals surface area contributed by atoms with Crippen molar-refractivity contribution in [1.29, 1.82) is 0 Å². The van der Waals surface area contributed by atoms with Gasteiger partial charge in [-0.05, 0) is 37.7 Å². The number of hydrogen-bond acceptors (Lipinski definition) is 2. The third-order valence-corrected chi connectivity index (χ3v) is 3.51. The van der Waals surface area contributed by atoms with Crippen molar-refractivity contribution in [2.24, 2.45) is 0 Å². The van der Waals surface area contributed by atoms with E-state index in [1.807, 2.05) is 18.0 Å². The highest BCUT2D eigenvalue weighted by Crippen LogP contribution is 2.32. The van der Waals surface area contributed by atoms with E-state index in [1.165, 1.54) is 0 Å². The molecule has 2 rings (SSSR count). The van der Waals surface area contributed by atoms with E-state index in [9.17, 15) is 4.79 Å². The third kappa shape index (κ3) is 2.40. The Bertz CT molecular complexity index is 419. The zero-order valence-electron chi connectivity index (χ0n) is 9.04. The normalized spacial score (nSPS) is 22.4. The fraction of sp³-hybridized carbons (Fsp3) is 0.417. The summed E-state index contributed by atoms with van der Waals surface area (Å²) in [6.45, 7) is 1.43. The van der Waals surface area contributed by atoms with Crippen molar-refractivity contribution in [3.8, 4) is 0 Å². The van der Waals surface area contributed by atoms with Crippen LogP contribution in [0.4, 0.5) is 0 Å². The molecule has 0 spiro atoms. The summed E-state index contributed by atoms with van der Waals surface area (Å²) >= 11 is 12.0. The summed E-state index contributed by atoms with van der Waals surface area (Å²) in [5, 5.41) is 1.20. The molecular formula is C12H13Cl2NO. The van der Waals surface area contributed by atoms with Crippen LogP contribution in [0, 0.1) is 0 Å². The van der Waals surface area contributed by atoms with Gasteiger partial charge in [0, 0.05) is 16.0 Å². The van der Waals surface area contributed by atoms with Gasteiger partial charge in [-0.2, -0.15) is 0 Å². The second kappa shape index (κ2) is 4.74. The van der Waals surface area contributed by atoms with Gasteiger partial charge in [0.1, 0.15) is 0 Å². The number of halogens is 2. The molecule has 0 bridgehead atoms. The van der Waals surface area contributed by atoms with Gasteiger partial charge in [0.2, 0.25) is 0 Å². The Morgan fingerprint density at radius 1 is 1.38 bits per heavy atom. The van der Waals surface area contributed by atoms with Crippen molar-refractivity contribution in [2.75, 3.05) is 20.1 Å². The van der Waals surface area contributed by atoms with Crippen molar-refractivity contribution < 1.29 is 4.79 Å². The summed E-state index contributed by atoms with van der Waals surface area (Å²) in [6.07, 6.45) is 0.830. The Kier molecular flexibility index (Phi) is 3.53. The maximum Gasteiger partial charge on any atom is 0.154 e. The second-order valence-electron chi connectivity index (χ2n) is 4.21. The van der Waals surface area contributed by atoms with E-state index in [4.69, 9.17) is 23.2 Å². The molecular weight excluding hydrogens is 245 g/mol. The van der Waals surface area contributed by atoms with Gasteiger partial charge >= 0.3 is 0 Å². The van der Waals surface area contributed by atoms with Gasteiger partial charge in [0.05, 0.1) is 6.54 Å². The number of piperidine rings is 1. The predicted octanol–water partition coefficient (Wildman–Crippen LogP) is 2.98. The van der Waals surface area contributed by atoms with E-state index in [-0.39, 0.29) is 11.7 Å². The van der Waals surface area contributed by atoms with Crippen LogP contribution in [0.5, 0.6) is 0 Å². The summed E-state index contributed by atoms with van der Waals surface area (Å²) in [4.78, 5) is 13.9. The topological polar surface area (TPSA) is 20.3 Å². The van der Waals surface area contributed by atoms with Crippen LogP contribution >= 0.6 is 23.2 Å². The van der Waals surface area contributed by atoms with Crippen LogP contribution in [-0.4, -0.2) is 30.8 Å². The maximum absolute atomic E-state index is 11.9. The first-order valence-electron chi connectivity index (χ1n) is 5.24. The van der Waals surface area contributed by atoms with Crippen LogP contribution in [0.2, 0.25) is 10.0 Å². The molecule has 1 aromatic carbocycles. The molecule has 86 valence electrons. The molecule has 0 amide bonds. The second-order valence-corrected chi connectivity index (χ2v) is 5.05. The fourth-order valence-electron chi connectivity index (χ4n) is 2.08. The summed E-state index contributed by atoms with van der Waals surface area (Å²) < 4.78 is 0. The number of carbonyl (C=O) groups excluding carboxylic acids is 1. The molecule has 16 heavy (non-hydrogen) atoms. The molecule has 0 N–H and O–H groups in total. The molecule has 2 nitrogen and oxygen atoms in total. The zero-order valence-corrected chi connectivity index (χ0v) is 10.6. The lowest BCUT2D eigenvalue weighted by molar-refractivity contribution is -0.123. The van der Waals surface area contributed by atoms with E-state index in [0.29, 0.717) is 16.6 Å². The highest BCUT2D eigenvalue weighted by Gasteiger charge is 2.27. The van der Waals surface area contributed by atoms with Gasteiger partial charge in [-0.1, -0.05) is 29.3 Å². The molecule has 1 fully saturated rings. The first-order valence-corrected chi connectivity index (χ1v) is 5.99. The highest BCUT2D eigenvalue weighted by molar-refractivity contribution is 6.35. The number of nitrogens with zero attached hydrogens (tertiary/aromatic N) is 1. The number of ketones is 1. The number of Topliss-reactive ketones (excluding diaryl/α,β-unsaturated/α-hetero) is 1. The van der Waals surface area contributed by atoms with E-state index < -0.39 is 0 Å². The summed E-state index contributed by atoms with van der Waals surface area (Å²) in [5.74, 6) is 0.166. The third-order valence-electron chi connectivity index (χ3n) is 2.95. The van der Waals surface area contributed by atoms with Crippen LogP contribution in [0.15, 0.2) is 18.2 Å². The predicted molar refractivity (Wildman–Crippen MR) is 66.3 cm³/mol. The summed E-state index contributed by atoms with van der Waals surface area (Å²) in [5.41, 5.74) is 0.907. The number of likely N-dealkylation sites (N-methyl/N-ethyl adjacent to an activating group) is 1. The minimum Gasteiger partial charge on any atom is -0.299 e. The van der Waals surface area contributed by atoms with Crippen molar-refractivity contribution >= 4 is 29.0 Å². The molecule has 1 aliphatic rings. The Balaban J connectivity index is 2.27. The lowest BCUT2D eigenvalue weighted by Gasteiger charge is -2.28. The number of rotatable bonds is 1. The Morgan fingerprint density at radius 3 is 2.75 bits per heavy atom. The van der Waals surface area contributed by atoms with Crippen LogP contribution in [-0.2, 0) is 4.79 Å².